The first-order chi connectivity index (χ1) is 9.33. The zero-order valence-electron chi connectivity index (χ0n) is 12.4. The Morgan fingerprint density at radius 2 is 1.95 bits per heavy atom. The first-order valence-corrected chi connectivity index (χ1v) is 7.21. The molecule has 1 rings (SSSR count). The lowest BCUT2D eigenvalue weighted by molar-refractivity contribution is -0.0324. The summed E-state index contributed by atoms with van der Waals surface area (Å²) in [4.78, 5) is 11.9. The molecule has 20 heavy (non-hydrogen) atoms. The van der Waals surface area contributed by atoms with Crippen molar-refractivity contribution in [3.05, 3.63) is 28.2 Å². The van der Waals surface area contributed by atoms with Crippen LogP contribution in [0.5, 0.6) is 5.75 Å². The normalized spacial score (nSPS) is 11.4. The lowest BCUT2D eigenvalue weighted by Crippen LogP contribution is -2.22. The van der Waals surface area contributed by atoms with E-state index in [0.29, 0.717) is 24.5 Å². The predicted octanol–water partition coefficient (Wildman–Crippen LogP) is 3.47. The van der Waals surface area contributed by atoms with Crippen molar-refractivity contribution in [3.63, 3.8) is 0 Å². The summed E-state index contributed by atoms with van der Waals surface area (Å²) in [5.41, 5.74) is 0.406. The monoisotopic (exact) mass is 344 g/mol. The van der Waals surface area contributed by atoms with Gasteiger partial charge in [0.1, 0.15) is 12.4 Å². The standard InChI is InChI=1S/C15H21BrO4/c1-15(2,3)20-8-7-19-10-13(17)11-5-6-14(18-4)12(16)9-11/h5-6,9H,7-8,10H2,1-4H3. The summed E-state index contributed by atoms with van der Waals surface area (Å²) in [5.74, 6) is 0.630. The smallest absolute Gasteiger partial charge is 0.188 e. The van der Waals surface area contributed by atoms with Crippen molar-refractivity contribution in [1.29, 1.82) is 0 Å². The fraction of sp³-hybridized carbons (Fsp3) is 0.533. The van der Waals surface area contributed by atoms with Crippen LogP contribution < -0.4 is 4.74 Å². The molecular weight excluding hydrogens is 324 g/mol. The van der Waals surface area contributed by atoms with Gasteiger partial charge in [-0.25, -0.2) is 0 Å². The molecular formula is C15H21BrO4. The molecule has 0 spiro atoms. The number of benzene rings is 1. The van der Waals surface area contributed by atoms with E-state index in [9.17, 15) is 4.79 Å². The Labute approximate surface area is 128 Å². The largest absolute Gasteiger partial charge is 0.496 e. The van der Waals surface area contributed by atoms with Gasteiger partial charge in [0.05, 0.1) is 30.4 Å². The van der Waals surface area contributed by atoms with Crippen LogP contribution in [0.1, 0.15) is 31.1 Å². The van der Waals surface area contributed by atoms with Crippen molar-refractivity contribution >= 4 is 21.7 Å². The molecule has 0 aromatic heterocycles. The Morgan fingerprint density at radius 1 is 1.25 bits per heavy atom. The molecule has 0 unspecified atom stereocenters. The molecule has 0 radical (unpaired) electrons. The molecule has 0 aliphatic rings. The van der Waals surface area contributed by atoms with Gasteiger partial charge in [-0.2, -0.15) is 0 Å². The summed E-state index contributed by atoms with van der Waals surface area (Å²) in [6.45, 7) is 6.86. The van der Waals surface area contributed by atoms with Gasteiger partial charge in [0.25, 0.3) is 0 Å². The fourth-order valence-electron chi connectivity index (χ4n) is 1.49. The van der Waals surface area contributed by atoms with Gasteiger partial charge in [-0.15, -0.1) is 0 Å². The van der Waals surface area contributed by atoms with Crippen molar-refractivity contribution in [1.82, 2.24) is 0 Å². The van der Waals surface area contributed by atoms with Crippen LogP contribution in [0.25, 0.3) is 0 Å². The van der Waals surface area contributed by atoms with E-state index in [0.717, 1.165) is 4.47 Å². The zero-order valence-corrected chi connectivity index (χ0v) is 14.0. The summed E-state index contributed by atoms with van der Waals surface area (Å²) in [5, 5.41) is 0. The van der Waals surface area contributed by atoms with E-state index in [1.807, 2.05) is 20.8 Å². The van der Waals surface area contributed by atoms with E-state index < -0.39 is 0 Å². The van der Waals surface area contributed by atoms with Crippen molar-refractivity contribution in [2.75, 3.05) is 26.9 Å². The van der Waals surface area contributed by atoms with Crippen molar-refractivity contribution < 1.29 is 19.0 Å². The van der Waals surface area contributed by atoms with Gasteiger partial charge in [-0.1, -0.05) is 0 Å². The molecule has 0 fully saturated rings. The molecule has 0 saturated heterocycles. The number of ether oxygens (including phenoxy) is 3. The van der Waals surface area contributed by atoms with Crippen LogP contribution in [0.4, 0.5) is 0 Å². The first-order valence-electron chi connectivity index (χ1n) is 6.42. The minimum Gasteiger partial charge on any atom is -0.496 e. The Morgan fingerprint density at radius 3 is 2.50 bits per heavy atom. The Bertz CT molecular complexity index is 452. The van der Waals surface area contributed by atoms with Gasteiger partial charge in [-0.3, -0.25) is 4.79 Å². The summed E-state index contributed by atoms with van der Waals surface area (Å²) in [7, 11) is 1.58. The Kier molecular flexibility index (Phi) is 6.65. The maximum Gasteiger partial charge on any atom is 0.188 e. The van der Waals surface area contributed by atoms with Crippen LogP contribution in [-0.2, 0) is 9.47 Å². The van der Waals surface area contributed by atoms with Crippen LogP contribution in [0.15, 0.2) is 22.7 Å². The maximum atomic E-state index is 11.9. The van der Waals surface area contributed by atoms with Crippen molar-refractivity contribution in [3.8, 4) is 5.75 Å². The number of carbonyl (C=O) groups is 1. The molecule has 0 bridgehead atoms. The van der Waals surface area contributed by atoms with Crippen molar-refractivity contribution in [2.24, 2.45) is 0 Å². The quantitative estimate of drug-likeness (QED) is 0.561. The number of ketones is 1. The van der Waals surface area contributed by atoms with Gasteiger partial charge in [-0.05, 0) is 54.9 Å². The molecule has 5 heteroatoms. The van der Waals surface area contributed by atoms with E-state index in [-0.39, 0.29) is 18.0 Å². The van der Waals surface area contributed by atoms with Crippen LogP contribution >= 0.6 is 15.9 Å². The van der Waals surface area contributed by atoms with E-state index in [2.05, 4.69) is 15.9 Å². The van der Waals surface area contributed by atoms with Gasteiger partial charge < -0.3 is 14.2 Å². The first kappa shape index (κ1) is 17.1. The third-order valence-corrected chi connectivity index (χ3v) is 3.09. The van der Waals surface area contributed by atoms with Crippen LogP contribution in [-0.4, -0.2) is 38.3 Å². The predicted molar refractivity (Wildman–Crippen MR) is 81.5 cm³/mol. The molecule has 0 N–H and O–H groups in total. The van der Waals surface area contributed by atoms with E-state index in [1.165, 1.54) is 0 Å². The van der Waals surface area contributed by atoms with E-state index in [4.69, 9.17) is 14.2 Å². The number of hydrogen-bond donors (Lipinski definition) is 0. The van der Waals surface area contributed by atoms with Gasteiger partial charge >= 0.3 is 0 Å². The second-order valence-corrected chi connectivity index (χ2v) is 6.14. The second kappa shape index (κ2) is 7.76. The summed E-state index contributed by atoms with van der Waals surface area (Å²) >= 11 is 3.35. The fourth-order valence-corrected chi connectivity index (χ4v) is 2.04. The zero-order chi connectivity index (χ0) is 15.2. The lowest BCUT2D eigenvalue weighted by Gasteiger charge is -2.19. The molecule has 1 aromatic rings. The van der Waals surface area contributed by atoms with Crippen LogP contribution in [0.2, 0.25) is 0 Å². The molecule has 0 atom stereocenters. The second-order valence-electron chi connectivity index (χ2n) is 5.29. The van der Waals surface area contributed by atoms with Crippen molar-refractivity contribution in [2.45, 2.75) is 26.4 Å². The third kappa shape index (κ3) is 6.03. The molecule has 4 nitrogen and oxygen atoms in total. The average Bonchev–Trinajstić information content (AvgIpc) is 2.36. The highest BCUT2D eigenvalue weighted by molar-refractivity contribution is 9.10. The number of carbonyl (C=O) groups excluding carboxylic acids is 1. The van der Waals surface area contributed by atoms with Gasteiger partial charge in [0.15, 0.2) is 5.78 Å². The number of methoxy groups -OCH3 is 1. The number of hydrogen-bond acceptors (Lipinski definition) is 4. The molecule has 0 aliphatic carbocycles. The lowest BCUT2D eigenvalue weighted by atomic mass is 10.1. The van der Waals surface area contributed by atoms with E-state index >= 15 is 0 Å². The minimum atomic E-state index is -0.186. The summed E-state index contributed by atoms with van der Waals surface area (Å²) in [6, 6.07) is 5.21. The number of halogens is 1. The maximum absolute atomic E-state index is 11.9. The number of rotatable bonds is 7. The van der Waals surface area contributed by atoms with E-state index in [1.54, 1.807) is 25.3 Å². The molecule has 1 aromatic carbocycles. The van der Waals surface area contributed by atoms with Crippen LogP contribution in [0.3, 0.4) is 0 Å². The van der Waals surface area contributed by atoms with Crippen LogP contribution in [0, 0.1) is 0 Å². The molecule has 112 valence electrons. The highest BCUT2D eigenvalue weighted by Gasteiger charge is 2.11. The topological polar surface area (TPSA) is 44.8 Å². The average molecular weight is 345 g/mol. The minimum absolute atomic E-state index is 0.0479. The molecule has 0 aliphatic heterocycles. The summed E-state index contributed by atoms with van der Waals surface area (Å²) < 4.78 is 16.7. The molecule has 0 amide bonds. The molecule has 0 saturated carbocycles. The Hall–Kier alpha value is -0.910. The third-order valence-electron chi connectivity index (χ3n) is 2.47. The molecule has 0 heterocycles. The summed E-state index contributed by atoms with van der Waals surface area (Å²) in [6.07, 6.45) is 0. The number of Topliss-reactive ketones (excluding diaryl/α,β-unsaturated/α-hetero) is 1. The highest BCUT2D eigenvalue weighted by atomic mass is 79.9. The van der Waals surface area contributed by atoms with Gasteiger partial charge in [0, 0.05) is 5.56 Å². The Balaban J connectivity index is 2.38. The SMILES string of the molecule is COc1ccc(C(=O)COCCOC(C)(C)C)cc1Br. The highest BCUT2D eigenvalue weighted by Crippen LogP contribution is 2.25. The van der Waals surface area contributed by atoms with Gasteiger partial charge in [0.2, 0.25) is 0 Å².